The van der Waals surface area contributed by atoms with Crippen molar-refractivity contribution in [3.63, 3.8) is 0 Å². The van der Waals surface area contributed by atoms with E-state index in [1.54, 1.807) is 7.11 Å². The first-order valence-electron chi connectivity index (χ1n) is 8.82. The second-order valence-corrected chi connectivity index (χ2v) is 6.79. The van der Waals surface area contributed by atoms with Crippen LogP contribution >= 0.6 is 11.6 Å². The molecule has 2 aromatic carbocycles. The summed E-state index contributed by atoms with van der Waals surface area (Å²) in [5, 5.41) is 11.1. The number of aliphatic hydroxyl groups is 1. The van der Waals surface area contributed by atoms with Crippen molar-refractivity contribution in [1.29, 1.82) is 0 Å². The molecule has 0 unspecified atom stereocenters. The van der Waals surface area contributed by atoms with Gasteiger partial charge in [-0.05, 0) is 36.4 Å². The number of anilines is 1. The summed E-state index contributed by atoms with van der Waals surface area (Å²) >= 11 is 6.28. The molecule has 3 rings (SSSR count). The van der Waals surface area contributed by atoms with E-state index in [4.69, 9.17) is 21.1 Å². The molecule has 6 heteroatoms. The molecule has 1 heterocycles. The van der Waals surface area contributed by atoms with E-state index in [0.29, 0.717) is 6.54 Å². The van der Waals surface area contributed by atoms with Gasteiger partial charge in [-0.25, -0.2) is 0 Å². The summed E-state index contributed by atoms with van der Waals surface area (Å²) in [6.45, 7) is 4.46. The minimum atomic E-state index is -0.524. The first kappa shape index (κ1) is 18.8. The Hall–Kier alpha value is -1.95. The van der Waals surface area contributed by atoms with Gasteiger partial charge in [-0.15, -0.1) is 0 Å². The van der Waals surface area contributed by atoms with Gasteiger partial charge in [0.15, 0.2) is 0 Å². The van der Waals surface area contributed by atoms with Gasteiger partial charge in [0.1, 0.15) is 24.2 Å². The molecule has 5 nitrogen and oxygen atoms in total. The Morgan fingerprint density at radius 2 is 1.65 bits per heavy atom. The van der Waals surface area contributed by atoms with Gasteiger partial charge in [0, 0.05) is 32.7 Å². The maximum atomic E-state index is 10.3. The van der Waals surface area contributed by atoms with Gasteiger partial charge in [-0.1, -0.05) is 23.7 Å². The second-order valence-electron chi connectivity index (χ2n) is 6.38. The fourth-order valence-corrected chi connectivity index (χ4v) is 3.35. The highest BCUT2D eigenvalue weighted by molar-refractivity contribution is 6.33. The third kappa shape index (κ3) is 5.04. The Kier molecular flexibility index (Phi) is 6.61. The molecule has 1 aliphatic rings. The monoisotopic (exact) mass is 376 g/mol. The predicted molar refractivity (Wildman–Crippen MR) is 105 cm³/mol. The van der Waals surface area contributed by atoms with Crippen molar-refractivity contribution in [2.24, 2.45) is 0 Å². The number of methoxy groups -OCH3 is 1. The van der Waals surface area contributed by atoms with Gasteiger partial charge in [0.05, 0.1) is 17.8 Å². The van der Waals surface area contributed by atoms with E-state index in [9.17, 15) is 5.11 Å². The molecule has 1 saturated heterocycles. The minimum Gasteiger partial charge on any atom is -0.497 e. The van der Waals surface area contributed by atoms with Crippen LogP contribution in [0.5, 0.6) is 11.5 Å². The lowest BCUT2D eigenvalue weighted by molar-refractivity contribution is 0.0663. The molecule has 0 bridgehead atoms. The lowest BCUT2D eigenvalue weighted by atomic mass is 10.2. The molecule has 0 aromatic heterocycles. The van der Waals surface area contributed by atoms with E-state index in [1.165, 1.54) is 0 Å². The second kappa shape index (κ2) is 9.12. The summed E-state index contributed by atoms with van der Waals surface area (Å²) in [6, 6.07) is 15.3. The van der Waals surface area contributed by atoms with Crippen LogP contribution in [-0.2, 0) is 0 Å². The molecular formula is C20H25ClN2O3. The molecule has 1 N–H and O–H groups in total. The maximum Gasteiger partial charge on any atom is 0.119 e. The fraction of sp³-hybridized carbons (Fsp3) is 0.400. The van der Waals surface area contributed by atoms with Gasteiger partial charge in [-0.2, -0.15) is 0 Å². The van der Waals surface area contributed by atoms with Crippen molar-refractivity contribution in [2.45, 2.75) is 6.10 Å². The van der Waals surface area contributed by atoms with E-state index in [2.05, 4.69) is 15.9 Å². The highest BCUT2D eigenvalue weighted by Crippen LogP contribution is 2.26. The zero-order chi connectivity index (χ0) is 18.4. The largest absolute Gasteiger partial charge is 0.497 e. The molecule has 0 radical (unpaired) electrons. The zero-order valence-corrected chi connectivity index (χ0v) is 15.7. The smallest absolute Gasteiger partial charge is 0.119 e. The minimum absolute atomic E-state index is 0.275. The Labute approximate surface area is 159 Å². The molecule has 2 aromatic rings. The van der Waals surface area contributed by atoms with Crippen molar-refractivity contribution in [2.75, 3.05) is 51.3 Å². The van der Waals surface area contributed by atoms with E-state index < -0.39 is 6.10 Å². The number of rotatable bonds is 7. The summed E-state index contributed by atoms with van der Waals surface area (Å²) in [4.78, 5) is 4.55. The summed E-state index contributed by atoms with van der Waals surface area (Å²) in [5.74, 6) is 1.52. The third-order valence-corrected chi connectivity index (χ3v) is 4.86. The fourth-order valence-electron chi connectivity index (χ4n) is 3.09. The summed E-state index contributed by atoms with van der Waals surface area (Å²) in [6.07, 6.45) is -0.524. The van der Waals surface area contributed by atoms with Crippen LogP contribution in [0.3, 0.4) is 0 Å². The molecule has 1 atom stereocenters. The van der Waals surface area contributed by atoms with Crippen LogP contribution < -0.4 is 14.4 Å². The molecule has 140 valence electrons. The average molecular weight is 377 g/mol. The lowest BCUT2D eigenvalue weighted by Gasteiger charge is -2.37. The molecule has 0 amide bonds. The van der Waals surface area contributed by atoms with Gasteiger partial charge >= 0.3 is 0 Å². The highest BCUT2D eigenvalue weighted by Gasteiger charge is 2.20. The van der Waals surface area contributed by atoms with Gasteiger partial charge in [0.25, 0.3) is 0 Å². The number of β-amino-alcohol motifs (C(OH)–C–C–N with tert-alkyl or cyclic N) is 1. The van der Waals surface area contributed by atoms with Crippen LogP contribution in [0.2, 0.25) is 5.02 Å². The lowest BCUT2D eigenvalue weighted by Crippen LogP contribution is -2.49. The zero-order valence-electron chi connectivity index (χ0n) is 15.0. The Morgan fingerprint density at radius 1 is 1.00 bits per heavy atom. The van der Waals surface area contributed by atoms with E-state index >= 15 is 0 Å². The number of nitrogens with zero attached hydrogens (tertiary/aromatic N) is 2. The molecule has 1 aliphatic heterocycles. The average Bonchev–Trinajstić information content (AvgIpc) is 2.68. The highest BCUT2D eigenvalue weighted by atomic mass is 35.5. The quantitative estimate of drug-likeness (QED) is 0.805. The summed E-state index contributed by atoms with van der Waals surface area (Å²) in [7, 11) is 1.63. The molecule has 26 heavy (non-hydrogen) atoms. The van der Waals surface area contributed by atoms with Crippen LogP contribution in [-0.4, -0.2) is 62.6 Å². The van der Waals surface area contributed by atoms with E-state index in [0.717, 1.165) is 48.4 Å². The van der Waals surface area contributed by atoms with Crippen molar-refractivity contribution >= 4 is 17.3 Å². The normalized spacial score (nSPS) is 16.3. The number of para-hydroxylation sites is 1. The number of hydrogen-bond acceptors (Lipinski definition) is 5. The summed E-state index contributed by atoms with van der Waals surface area (Å²) in [5.41, 5.74) is 1.08. The molecule has 0 aliphatic carbocycles. The van der Waals surface area contributed by atoms with Crippen molar-refractivity contribution < 1.29 is 14.6 Å². The van der Waals surface area contributed by atoms with Gasteiger partial charge in [-0.3, -0.25) is 4.90 Å². The third-order valence-electron chi connectivity index (χ3n) is 4.54. The molecule has 1 fully saturated rings. The molecule has 0 spiro atoms. The molecular weight excluding hydrogens is 352 g/mol. The number of ether oxygens (including phenoxy) is 2. The Morgan fingerprint density at radius 3 is 2.31 bits per heavy atom. The first-order chi connectivity index (χ1) is 12.7. The van der Waals surface area contributed by atoms with Crippen LogP contribution in [0.4, 0.5) is 5.69 Å². The number of piperazine rings is 1. The van der Waals surface area contributed by atoms with Crippen LogP contribution in [0.1, 0.15) is 0 Å². The number of halogens is 1. The SMILES string of the molecule is COc1ccc(OC[C@@H](O)CN2CCN(c3ccccc3Cl)CC2)cc1. The standard InChI is InChI=1S/C20H25ClN2O3/c1-25-17-6-8-18(9-7-17)26-15-16(24)14-22-10-12-23(13-11-22)20-5-3-2-4-19(20)21/h2-9,16,24H,10-15H2,1H3/t16-/m0/s1. The van der Waals surface area contributed by atoms with Gasteiger partial charge < -0.3 is 19.5 Å². The number of hydrogen-bond donors (Lipinski definition) is 1. The maximum absolute atomic E-state index is 10.3. The Bertz CT molecular complexity index is 688. The topological polar surface area (TPSA) is 45.2 Å². The van der Waals surface area contributed by atoms with Crippen molar-refractivity contribution in [3.8, 4) is 11.5 Å². The van der Waals surface area contributed by atoms with Crippen LogP contribution in [0.25, 0.3) is 0 Å². The van der Waals surface area contributed by atoms with E-state index in [1.807, 2.05) is 42.5 Å². The predicted octanol–water partition coefficient (Wildman–Crippen LogP) is 2.91. The van der Waals surface area contributed by atoms with Crippen LogP contribution in [0.15, 0.2) is 48.5 Å². The molecule has 0 saturated carbocycles. The number of aliphatic hydroxyl groups excluding tert-OH is 1. The van der Waals surface area contributed by atoms with E-state index in [-0.39, 0.29) is 6.61 Å². The Balaban J connectivity index is 1.41. The summed E-state index contributed by atoms with van der Waals surface area (Å²) < 4.78 is 10.8. The first-order valence-corrected chi connectivity index (χ1v) is 9.20. The van der Waals surface area contributed by atoms with Crippen molar-refractivity contribution in [3.05, 3.63) is 53.6 Å². The van der Waals surface area contributed by atoms with Crippen LogP contribution in [0, 0.1) is 0 Å². The number of benzene rings is 2. The van der Waals surface area contributed by atoms with Crippen molar-refractivity contribution in [1.82, 2.24) is 4.90 Å². The van der Waals surface area contributed by atoms with Gasteiger partial charge in [0.2, 0.25) is 0 Å².